The van der Waals surface area contributed by atoms with E-state index in [2.05, 4.69) is 0 Å². The van der Waals surface area contributed by atoms with Crippen molar-refractivity contribution in [1.29, 1.82) is 0 Å². The largest absolute Gasteiger partial charge is 0.478 e. The number of carboxylic acid groups (broad SMARTS) is 1. The Kier molecular flexibility index (Phi) is 5.85. The average molecular weight is 403 g/mol. The minimum Gasteiger partial charge on any atom is -0.478 e. The molecule has 0 spiro atoms. The van der Waals surface area contributed by atoms with E-state index in [0.29, 0.717) is 15.9 Å². The molecule has 0 saturated carbocycles. The highest BCUT2D eigenvalue weighted by atomic mass is 31.2. The molecule has 0 aliphatic rings. The molecule has 0 aliphatic heterocycles. The normalized spacial score (nSPS) is 13.1. The summed E-state index contributed by atoms with van der Waals surface area (Å²) >= 11 is 0. The topological polar surface area (TPSA) is 37.3 Å². The molecular weight excluding hydrogens is 384 g/mol. The van der Waals surface area contributed by atoms with Gasteiger partial charge in [0.15, 0.2) is 5.66 Å². The van der Waals surface area contributed by atoms with Crippen LogP contribution in [0.25, 0.3) is 0 Å². The number of carbonyl (C=O) groups is 1. The summed E-state index contributed by atoms with van der Waals surface area (Å²) < 4.78 is 40.5. The molecule has 144 valence electrons. The summed E-state index contributed by atoms with van der Waals surface area (Å²) in [7, 11) is -3.14. The van der Waals surface area contributed by atoms with Gasteiger partial charge in [-0.05, 0) is 36.4 Å². The van der Waals surface area contributed by atoms with Crippen LogP contribution in [0, 0.1) is 0 Å². The first-order valence-electron chi connectivity index (χ1n) is 8.71. The third kappa shape index (κ3) is 3.95. The van der Waals surface area contributed by atoms with E-state index in [1.165, 1.54) is 0 Å². The lowest BCUT2D eigenvalue weighted by Crippen LogP contribution is -2.44. The van der Waals surface area contributed by atoms with Gasteiger partial charge in [-0.15, -0.1) is 0 Å². The molecule has 28 heavy (non-hydrogen) atoms. The Balaban J connectivity index is 2.41. The molecule has 3 aromatic rings. The van der Waals surface area contributed by atoms with Gasteiger partial charge in [-0.3, -0.25) is 0 Å². The van der Waals surface area contributed by atoms with Crippen LogP contribution in [0.2, 0.25) is 0 Å². The third-order valence-corrected chi connectivity index (χ3v) is 9.34. The quantitative estimate of drug-likeness (QED) is 0.620. The van der Waals surface area contributed by atoms with Crippen LogP contribution in [0.3, 0.4) is 0 Å². The molecule has 0 heterocycles. The Morgan fingerprint density at radius 3 is 1.32 bits per heavy atom. The lowest BCUT2D eigenvalue weighted by atomic mass is 10.3. The van der Waals surface area contributed by atoms with Crippen molar-refractivity contribution in [3.8, 4) is 0 Å². The number of rotatable bonds is 6. The molecule has 0 saturated heterocycles. The summed E-state index contributed by atoms with van der Waals surface area (Å²) in [5, 5.41) is 11.8. The first kappa shape index (κ1) is 20.1. The molecule has 0 aliphatic carbocycles. The van der Waals surface area contributed by atoms with Crippen LogP contribution in [0.1, 0.15) is 6.42 Å². The number of benzene rings is 3. The molecule has 6 heteroatoms. The zero-order valence-corrected chi connectivity index (χ0v) is 15.8. The van der Waals surface area contributed by atoms with Crippen LogP contribution in [0.4, 0.5) is 13.2 Å². The van der Waals surface area contributed by atoms with E-state index in [4.69, 9.17) is 0 Å². The average Bonchev–Trinajstić information content (AvgIpc) is 2.69. The number of halogens is 3. The van der Waals surface area contributed by atoms with Gasteiger partial charge in [0.25, 0.3) is 0 Å². The first-order valence-corrected chi connectivity index (χ1v) is 10.6. The van der Waals surface area contributed by atoms with E-state index in [1.54, 1.807) is 91.0 Å². The number of hydrogen-bond acceptors (Lipinski definition) is 1. The summed E-state index contributed by atoms with van der Waals surface area (Å²) in [5.74, 6) is -1.44. The zero-order chi connectivity index (χ0) is 20.2. The molecule has 3 rings (SSSR count). The molecule has 1 atom stereocenters. The predicted octanol–water partition coefficient (Wildman–Crippen LogP) is 4.39. The zero-order valence-electron chi connectivity index (χ0n) is 14.9. The maximum absolute atomic E-state index is 13.5. The number of carboxylic acids is 1. The van der Waals surface area contributed by atoms with Gasteiger partial charge >= 0.3 is 12.1 Å². The van der Waals surface area contributed by atoms with E-state index in [1.807, 2.05) is 0 Å². The summed E-state index contributed by atoms with van der Waals surface area (Å²) in [5.41, 5.74) is -1.63. The van der Waals surface area contributed by atoms with Crippen LogP contribution in [-0.2, 0) is 4.79 Å². The molecule has 3 aromatic carbocycles. The van der Waals surface area contributed by atoms with Crippen LogP contribution in [0.5, 0.6) is 0 Å². The van der Waals surface area contributed by atoms with Crippen molar-refractivity contribution >= 4 is 29.1 Å². The summed E-state index contributed by atoms with van der Waals surface area (Å²) in [6.45, 7) is 0. The summed E-state index contributed by atoms with van der Waals surface area (Å²) in [6.07, 6.45) is -6.00. The highest BCUT2D eigenvalue weighted by Crippen LogP contribution is 2.61. The van der Waals surface area contributed by atoms with Gasteiger partial charge in [0, 0.05) is 0 Å². The molecular formula is C22H19F3O2P+. The van der Waals surface area contributed by atoms with Gasteiger partial charge in [0.1, 0.15) is 23.2 Å². The van der Waals surface area contributed by atoms with Crippen LogP contribution >= 0.6 is 7.26 Å². The Bertz CT molecular complexity index is 816. The van der Waals surface area contributed by atoms with Crippen molar-refractivity contribution < 1.29 is 23.1 Å². The second-order valence-electron chi connectivity index (χ2n) is 6.40. The molecule has 0 radical (unpaired) electrons. The first-order chi connectivity index (χ1) is 13.4. The smallest absolute Gasteiger partial charge is 0.393 e. The van der Waals surface area contributed by atoms with Crippen molar-refractivity contribution in [1.82, 2.24) is 0 Å². The van der Waals surface area contributed by atoms with Crippen molar-refractivity contribution in [3.63, 3.8) is 0 Å². The molecule has 0 amide bonds. The van der Waals surface area contributed by atoms with Crippen molar-refractivity contribution in [2.75, 3.05) is 0 Å². The SMILES string of the molecule is O=C(O)C(CC(F)(F)F)[P+](c1ccccc1)(c1ccccc1)c1ccccc1. The fraction of sp³-hybridized carbons (Fsp3) is 0.136. The maximum atomic E-state index is 13.5. The van der Waals surface area contributed by atoms with Gasteiger partial charge < -0.3 is 5.11 Å². The molecule has 0 aromatic heterocycles. The third-order valence-electron chi connectivity index (χ3n) is 4.67. The van der Waals surface area contributed by atoms with Gasteiger partial charge in [-0.25, -0.2) is 4.79 Å². The fourth-order valence-electron chi connectivity index (χ4n) is 3.59. The number of aliphatic carboxylic acids is 1. The Labute approximate surface area is 162 Å². The summed E-state index contributed by atoms with van der Waals surface area (Å²) in [6, 6.07) is 26.2. The van der Waals surface area contributed by atoms with Crippen molar-refractivity contribution in [3.05, 3.63) is 91.0 Å². The minimum atomic E-state index is -4.60. The Morgan fingerprint density at radius 1 is 0.750 bits per heavy atom. The van der Waals surface area contributed by atoms with Crippen molar-refractivity contribution in [2.45, 2.75) is 18.3 Å². The van der Waals surface area contributed by atoms with E-state index in [9.17, 15) is 23.1 Å². The second-order valence-corrected chi connectivity index (χ2v) is 10.0. The van der Waals surface area contributed by atoms with Gasteiger partial charge in [0.05, 0.1) is 6.42 Å². The monoisotopic (exact) mass is 403 g/mol. The molecule has 2 nitrogen and oxygen atoms in total. The van der Waals surface area contributed by atoms with E-state index in [-0.39, 0.29) is 0 Å². The van der Waals surface area contributed by atoms with Crippen LogP contribution < -0.4 is 15.9 Å². The van der Waals surface area contributed by atoms with E-state index < -0.39 is 31.5 Å². The molecule has 1 N–H and O–H groups in total. The Morgan fingerprint density at radius 2 is 1.07 bits per heavy atom. The van der Waals surface area contributed by atoms with Gasteiger partial charge in [-0.2, -0.15) is 13.2 Å². The second kappa shape index (κ2) is 8.15. The fourth-order valence-corrected chi connectivity index (χ4v) is 8.30. The lowest BCUT2D eigenvalue weighted by molar-refractivity contribution is -0.151. The minimum absolute atomic E-state index is 0.615. The van der Waals surface area contributed by atoms with Gasteiger partial charge in [0.2, 0.25) is 0 Å². The van der Waals surface area contributed by atoms with E-state index in [0.717, 1.165) is 0 Å². The van der Waals surface area contributed by atoms with E-state index >= 15 is 0 Å². The van der Waals surface area contributed by atoms with Gasteiger partial charge in [-0.1, -0.05) is 54.6 Å². The van der Waals surface area contributed by atoms with Crippen molar-refractivity contribution in [2.24, 2.45) is 0 Å². The highest BCUT2D eigenvalue weighted by molar-refractivity contribution is 7.96. The standard InChI is InChI=1S/C22H18F3O2P/c23-22(24,25)16-20(21(26)27)28(17-10-4-1-5-11-17,18-12-6-2-7-13-18)19-14-8-3-9-15-19/h1-15,20H,16H2/p+1. The van der Waals surface area contributed by atoms with Crippen LogP contribution in [-0.4, -0.2) is 22.9 Å². The highest BCUT2D eigenvalue weighted by Gasteiger charge is 2.59. The number of hydrogen-bond donors (Lipinski definition) is 1. The maximum Gasteiger partial charge on any atom is 0.393 e. The van der Waals surface area contributed by atoms with Crippen LogP contribution in [0.15, 0.2) is 91.0 Å². The predicted molar refractivity (Wildman–Crippen MR) is 107 cm³/mol. The summed E-state index contributed by atoms with van der Waals surface area (Å²) in [4.78, 5) is 12.3. The number of alkyl halides is 3. The molecule has 0 bridgehead atoms. The Hall–Kier alpha value is -2.65. The lowest BCUT2D eigenvalue weighted by Gasteiger charge is -2.32. The molecule has 0 fully saturated rings. The molecule has 1 unspecified atom stereocenters.